The molecule has 0 saturated heterocycles. The summed E-state index contributed by atoms with van der Waals surface area (Å²) in [6, 6.07) is 3.94. The average molecular weight is 208 g/mol. The van der Waals surface area contributed by atoms with E-state index in [1.54, 1.807) is 13.1 Å². The van der Waals surface area contributed by atoms with Crippen LogP contribution in [0.1, 0.15) is 31.4 Å². The molecule has 0 aliphatic heterocycles. The summed E-state index contributed by atoms with van der Waals surface area (Å²) in [5, 5.41) is 0. The molecule has 1 heterocycles. The highest BCUT2D eigenvalue weighted by atomic mass is 16.5. The number of carbonyl (C=O) groups is 1. The Morgan fingerprint density at radius 2 is 2.33 bits per heavy atom. The summed E-state index contributed by atoms with van der Waals surface area (Å²) in [4.78, 5) is 13.4. The molecule has 0 bridgehead atoms. The van der Waals surface area contributed by atoms with Gasteiger partial charge in [0.05, 0.1) is 18.5 Å². The van der Waals surface area contributed by atoms with Crippen molar-refractivity contribution < 1.29 is 9.53 Å². The van der Waals surface area contributed by atoms with Crippen LogP contribution in [-0.2, 0) is 9.53 Å². The van der Waals surface area contributed by atoms with Crippen LogP contribution in [-0.4, -0.2) is 18.1 Å². The Bertz CT molecular complexity index is 294. The van der Waals surface area contributed by atoms with E-state index < -0.39 is 0 Å². The molecule has 0 amide bonds. The quantitative estimate of drug-likeness (QED) is 0.768. The number of nitrogens with zero attached hydrogens (tertiary/aromatic N) is 1. The minimum Gasteiger partial charge on any atom is -0.468 e. The van der Waals surface area contributed by atoms with Crippen molar-refractivity contribution in [3.63, 3.8) is 0 Å². The molecule has 1 aliphatic carbocycles. The van der Waals surface area contributed by atoms with Gasteiger partial charge in [-0.25, -0.2) is 0 Å². The van der Waals surface area contributed by atoms with Crippen molar-refractivity contribution >= 4 is 12.2 Å². The normalized spacial score (nSPS) is 13.7. The van der Waals surface area contributed by atoms with E-state index >= 15 is 0 Å². The van der Waals surface area contributed by atoms with Gasteiger partial charge in [-0.15, -0.1) is 0 Å². The average Bonchev–Trinajstić information content (AvgIpc) is 3.05. The Morgan fingerprint density at radius 1 is 1.60 bits per heavy atom. The molecule has 82 valence electrons. The van der Waals surface area contributed by atoms with Crippen LogP contribution in [0, 0.1) is 0 Å². The third-order valence-corrected chi connectivity index (χ3v) is 2.04. The van der Waals surface area contributed by atoms with E-state index in [1.165, 1.54) is 18.5 Å². The molecule has 15 heavy (non-hydrogen) atoms. The van der Waals surface area contributed by atoms with E-state index in [9.17, 15) is 4.79 Å². The molecule has 1 saturated carbocycles. The Balaban J connectivity index is 0.000000195. The molecule has 1 fully saturated rings. The number of hydrogen-bond acceptors (Lipinski definition) is 4. The van der Waals surface area contributed by atoms with Crippen molar-refractivity contribution in [2.75, 3.05) is 12.3 Å². The van der Waals surface area contributed by atoms with Gasteiger partial charge < -0.3 is 10.5 Å². The number of nitrogens with two attached hydrogens (primary N) is 1. The number of rotatable bonds is 3. The van der Waals surface area contributed by atoms with E-state index in [2.05, 4.69) is 9.72 Å². The predicted molar refractivity (Wildman–Crippen MR) is 58.3 cm³/mol. The fourth-order valence-corrected chi connectivity index (χ4v) is 1.11. The van der Waals surface area contributed by atoms with E-state index in [0.29, 0.717) is 13.1 Å². The molecule has 0 unspecified atom stereocenters. The number of pyridine rings is 1. The smallest absolute Gasteiger partial charge is 0.293 e. The summed E-state index contributed by atoms with van der Waals surface area (Å²) < 4.78 is 4.15. The Labute approximate surface area is 89.5 Å². The Morgan fingerprint density at radius 3 is 2.67 bits per heavy atom. The van der Waals surface area contributed by atoms with Crippen molar-refractivity contribution in [1.29, 1.82) is 0 Å². The molecule has 2 rings (SSSR count). The van der Waals surface area contributed by atoms with Gasteiger partial charge in [0.25, 0.3) is 6.47 Å². The van der Waals surface area contributed by atoms with Crippen LogP contribution < -0.4 is 5.73 Å². The van der Waals surface area contributed by atoms with Gasteiger partial charge in [-0.3, -0.25) is 9.78 Å². The van der Waals surface area contributed by atoms with Crippen LogP contribution in [0.2, 0.25) is 0 Å². The van der Waals surface area contributed by atoms with Crippen LogP contribution in [0.4, 0.5) is 5.69 Å². The maximum Gasteiger partial charge on any atom is 0.293 e. The topological polar surface area (TPSA) is 65.2 Å². The molecule has 4 nitrogen and oxygen atoms in total. The molecular weight excluding hydrogens is 192 g/mol. The molecule has 4 heteroatoms. The minimum atomic E-state index is 0.431. The first-order chi connectivity index (χ1) is 7.27. The summed E-state index contributed by atoms with van der Waals surface area (Å²) in [5.74, 6) is 0.737. The van der Waals surface area contributed by atoms with Crippen LogP contribution in [0.25, 0.3) is 0 Å². The third-order valence-electron chi connectivity index (χ3n) is 2.04. The largest absolute Gasteiger partial charge is 0.468 e. The number of anilines is 1. The second-order valence-electron chi connectivity index (χ2n) is 3.34. The zero-order valence-electron chi connectivity index (χ0n) is 8.85. The number of carbonyl (C=O) groups excluding carboxylic acids is 1. The lowest BCUT2D eigenvalue weighted by molar-refractivity contribution is -0.128. The maximum atomic E-state index is 9.18. The minimum absolute atomic E-state index is 0.431. The van der Waals surface area contributed by atoms with Gasteiger partial charge in [0, 0.05) is 11.6 Å². The van der Waals surface area contributed by atoms with E-state index in [4.69, 9.17) is 5.73 Å². The predicted octanol–water partition coefficient (Wildman–Crippen LogP) is 1.72. The van der Waals surface area contributed by atoms with Crippen LogP contribution in [0.15, 0.2) is 18.3 Å². The van der Waals surface area contributed by atoms with E-state index in [-0.39, 0.29) is 0 Å². The lowest BCUT2D eigenvalue weighted by Gasteiger charge is -1.95. The van der Waals surface area contributed by atoms with Gasteiger partial charge in [0.15, 0.2) is 0 Å². The van der Waals surface area contributed by atoms with Gasteiger partial charge in [-0.2, -0.15) is 0 Å². The van der Waals surface area contributed by atoms with Crippen molar-refractivity contribution in [1.82, 2.24) is 4.98 Å². The molecule has 0 atom stereocenters. The van der Waals surface area contributed by atoms with Gasteiger partial charge >= 0.3 is 0 Å². The highest BCUT2D eigenvalue weighted by molar-refractivity contribution is 5.36. The second kappa shape index (κ2) is 6.01. The first-order valence-corrected chi connectivity index (χ1v) is 5.04. The molecule has 0 radical (unpaired) electrons. The first-order valence-electron chi connectivity index (χ1n) is 5.04. The van der Waals surface area contributed by atoms with Crippen molar-refractivity contribution in [2.45, 2.75) is 25.7 Å². The monoisotopic (exact) mass is 208 g/mol. The number of aromatic nitrogens is 1. The molecule has 1 aromatic rings. The molecule has 0 aromatic carbocycles. The molecular formula is C11H16N2O2. The van der Waals surface area contributed by atoms with Gasteiger partial charge in [-0.1, -0.05) is 0 Å². The lowest BCUT2D eigenvalue weighted by Crippen LogP contribution is -1.89. The number of nitrogen functional groups attached to an aromatic ring is 1. The fourth-order valence-electron chi connectivity index (χ4n) is 1.11. The second-order valence-corrected chi connectivity index (χ2v) is 3.34. The van der Waals surface area contributed by atoms with Crippen molar-refractivity contribution in [3.05, 3.63) is 24.0 Å². The van der Waals surface area contributed by atoms with Crippen molar-refractivity contribution in [3.8, 4) is 0 Å². The number of ether oxygens (including phenoxy) is 1. The Hall–Kier alpha value is -1.58. The zero-order valence-corrected chi connectivity index (χ0v) is 8.85. The summed E-state index contributed by atoms with van der Waals surface area (Å²) in [6.45, 7) is 2.66. The van der Waals surface area contributed by atoms with Crippen molar-refractivity contribution in [2.24, 2.45) is 0 Å². The van der Waals surface area contributed by atoms with E-state index in [1.807, 2.05) is 12.1 Å². The van der Waals surface area contributed by atoms with Gasteiger partial charge in [0.2, 0.25) is 0 Å². The summed E-state index contributed by atoms with van der Waals surface area (Å²) in [7, 11) is 0. The third kappa shape index (κ3) is 4.44. The molecule has 1 aliphatic rings. The SMILES string of the molecule is CCOC=O.Nc1ccc(C2CC2)nc1. The van der Waals surface area contributed by atoms with Crippen LogP contribution in [0.5, 0.6) is 0 Å². The van der Waals surface area contributed by atoms with Gasteiger partial charge in [-0.05, 0) is 31.9 Å². The molecule has 1 aromatic heterocycles. The first kappa shape index (κ1) is 11.5. The summed E-state index contributed by atoms with van der Waals surface area (Å²) in [5.41, 5.74) is 7.44. The highest BCUT2D eigenvalue weighted by Gasteiger charge is 2.24. The summed E-state index contributed by atoms with van der Waals surface area (Å²) in [6.07, 6.45) is 4.33. The standard InChI is InChI=1S/C8H10N2.C3H6O2/c9-7-3-4-8(10-5-7)6-1-2-6;1-2-5-3-4/h3-6H,1-2,9H2;3H,2H2,1H3. The maximum absolute atomic E-state index is 9.18. The fraction of sp³-hybridized carbons (Fsp3) is 0.455. The number of hydrogen-bond donors (Lipinski definition) is 1. The Kier molecular flexibility index (Phi) is 4.60. The summed E-state index contributed by atoms with van der Waals surface area (Å²) >= 11 is 0. The van der Waals surface area contributed by atoms with Crippen LogP contribution >= 0.6 is 0 Å². The van der Waals surface area contributed by atoms with E-state index in [0.717, 1.165) is 11.6 Å². The highest BCUT2D eigenvalue weighted by Crippen LogP contribution is 2.38. The zero-order chi connectivity index (χ0) is 11.1. The van der Waals surface area contributed by atoms with Gasteiger partial charge in [0.1, 0.15) is 0 Å². The molecule has 0 spiro atoms. The van der Waals surface area contributed by atoms with Crippen LogP contribution in [0.3, 0.4) is 0 Å². The lowest BCUT2D eigenvalue weighted by atomic mass is 10.2. The molecule has 2 N–H and O–H groups in total.